The van der Waals surface area contributed by atoms with Gasteiger partial charge in [-0.3, -0.25) is 9.59 Å². The van der Waals surface area contributed by atoms with Crippen LogP contribution < -0.4 is 0 Å². The molecule has 13 atom stereocenters. The first-order chi connectivity index (χ1) is 27.8. The van der Waals surface area contributed by atoms with Gasteiger partial charge in [-0.25, -0.2) is 0 Å². The summed E-state index contributed by atoms with van der Waals surface area (Å²) in [5, 5.41) is 66.9. The minimum atomic E-state index is -1.52. The summed E-state index contributed by atoms with van der Waals surface area (Å²) in [4.78, 5) is 26.2. The average molecular weight is 833 g/mol. The van der Waals surface area contributed by atoms with Crippen LogP contribution in [-0.4, -0.2) is 86.5 Å². The van der Waals surface area contributed by atoms with Crippen LogP contribution in [0, 0.1) is 50.2 Å². The Hall–Kier alpha value is -1.56. The van der Waals surface area contributed by atoms with Crippen LogP contribution in [0.5, 0.6) is 0 Å². The molecule has 4 saturated carbocycles. The second-order valence-electron chi connectivity index (χ2n) is 21.9. The number of carboxylic acids is 1. The number of rotatable bonds is 21. The number of carbonyl (C=O) groups excluding carboxylic acids is 1. The van der Waals surface area contributed by atoms with Crippen LogP contribution in [0.25, 0.3) is 0 Å². The van der Waals surface area contributed by atoms with Gasteiger partial charge < -0.3 is 40.1 Å². The van der Waals surface area contributed by atoms with Crippen molar-refractivity contribution >= 4 is 11.9 Å². The predicted octanol–water partition coefficient (Wildman–Crippen LogP) is 8.88. The summed E-state index contributed by atoms with van der Waals surface area (Å²) in [5.74, 6) is -1.74. The van der Waals surface area contributed by atoms with E-state index in [-0.39, 0.29) is 41.6 Å². The van der Waals surface area contributed by atoms with Crippen LogP contribution in [0.3, 0.4) is 0 Å². The van der Waals surface area contributed by atoms with Gasteiger partial charge in [-0.1, -0.05) is 137 Å². The lowest BCUT2D eigenvalue weighted by molar-refractivity contribution is -0.299. The number of aliphatic hydroxyl groups excluding tert-OH is 5. The molecule has 0 amide bonds. The highest BCUT2D eigenvalue weighted by Gasteiger charge is 2.72. The summed E-state index contributed by atoms with van der Waals surface area (Å²) >= 11 is 0. The zero-order chi connectivity index (χ0) is 43.4. The standard InChI is InChI=1S/C49H84O10/c1-8-9-10-11-12-13-14-15-16-17-18-19-20-21-40(55)58-42(36(53)31-50)59-41-35(52)29-45(4)37(46(41,5)32-51)24-25-47(6)38(45)23-22-33-34-28-44(2,3)26-27-49(34,43(56)57)39(54)30-48(33,47)7/h22,34-39,41-42,50-54H,8-21,23-32H2,1-7H3,(H,56,57)/t34-,35-,36-,37-,38+,39+,41-,42-,45-,46-,47+,48+,49+/m0/s1. The number of hydrogen-bond donors (Lipinski definition) is 6. The van der Waals surface area contributed by atoms with E-state index < -0.39 is 70.9 Å². The molecular weight excluding hydrogens is 749 g/mol. The van der Waals surface area contributed by atoms with Gasteiger partial charge in [0.2, 0.25) is 6.29 Å². The molecule has 5 aliphatic carbocycles. The van der Waals surface area contributed by atoms with E-state index in [9.17, 15) is 40.2 Å². The van der Waals surface area contributed by atoms with Crippen molar-refractivity contribution in [3.8, 4) is 0 Å². The molecule has 340 valence electrons. The van der Waals surface area contributed by atoms with Crippen LogP contribution in [-0.2, 0) is 19.1 Å². The second-order valence-corrected chi connectivity index (χ2v) is 21.9. The Kier molecular flexibility index (Phi) is 16.0. The molecule has 0 aromatic rings. The van der Waals surface area contributed by atoms with Crippen LogP contribution in [0.4, 0.5) is 0 Å². The lowest BCUT2D eigenvalue weighted by atomic mass is 9.33. The van der Waals surface area contributed by atoms with E-state index >= 15 is 0 Å². The SMILES string of the molecule is CCCCCCCCCCCCCCCC(=O)O[C@@H](O[C@H]1[C@@H](O)C[C@@]2(C)[C@H](CC[C@]3(C)[C@@H]2CC=C2[C@@H]4CC(C)(C)CC[C@]4(C(=O)O)[C@H](O)C[C@]23C)[C@]1(C)CO)[C@@H](O)CO. The topological polar surface area (TPSA) is 174 Å². The largest absolute Gasteiger partial charge is 0.481 e. The van der Waals surface area contributed by atoms with Gasteiger partial charge in [0, 0.05) is 11.8 Å². The van der Waals surface area contributed by atoms with Gasteiger partial charge in [0.25, 0.3) is 0 Å². The number of aliphatic carboxylic acids is 1. The summed E-state index contributed by atoms with van der Waals surface area (Å²) in [5.41, 5.74) is -2.30. The highest BCUT2D eigenvalue weighted by atomic mass is 16.7. The molecule has 4 fully saturated rings. The molecule has 0 saturated heterocycles. The molecule has 6 N–H and O–H groups in total. The van der Waals surface area contributed by atoms with Crippen LogP contribution in [0.2, 0.25) is 0 Å². The molecule has 0 bridgehead atoms. The van der Waals surface area contributed by atoms with Crippen molar-refractivity contribution in [2.45, 2.75) is 220 Å². The fourth-order valence-corrected chi connectivity index (χ4v) is 14.0. The Morgan fingerprint density at radius 2 is 1.39 bits per heavy atom. The lowest BCUT2D eigenvalue weighted by Gasteiger charge is -2.72. The van der Waals surface area contributed by atoms with Crippen molar-refractivity contribution in [1.82, 2.24) is 0 Å². The number of unbranched alkanes of at least 4 members (excludes halogenated alkanes) is 12. The van der Waals surface area contributed by atoms with E-state index in [2.05, 4.69) is 47.6 Å². The number of allylic oxidation sites excluding steroid dienone is 2. The number of carboxylic acid groups (broad SMARTS) is 1. The first-order valence-corrected chi connectivity index (χ1v) is 23.9. The Morgan fingerprint density at radius 3 is 1.95 bits per heavy atom. The van der Waals surface area contributed by atoms with Crippen LogP contribution >= 0.6 is 0 Å². The minimum Gasteiger partial charge on any atom is -0.481 e. The molecule has 0 radical (unpaired) electrons. The fraction of sp³-hybridized carbons (Fsp3) is 0.918. The van der Waals surface area contributed by atoms with Gasteiger partial charge in [0.1, 0.15) is 11.5 Å². The lowest BCUT2D eigenvalue weighted by Crippen LogP contribution is -2.70. The normalized spacial score (nSPS) is 39.8. The Balaban J connectivity index is 1.24. The first-order valence-electron chi connectivity index (χ1n) is 23.9. The summed E-state index contributed by atoms with van der Waals surface area (Å²) in [7, 11) is 0. The maximum atomic E-state index is 13.1. The molecule has 5 rings (SSSR count). The Morgan fingerprint density at radius 1 is 0.797 bits per heavy atom. The minimum absolute atomic E-state index is 0.0444. The van der Waals surface area contributed by atoms with Gasteiger partial charge in [-0.2, -0.15) is 0 Å². The second kappa shape index (κ2) is 19.5. The van der Waals surface area contributed by atoms with E-state index in [1.165, 1.54) is 63.4 Å². The molecule has 0 unspecified atom stereocenters. The Bertz CT molecular complexity index is 1450. The average Bonchev–Trinajstić information content (AvgIpc) is 3.17. The van der Waals surface area contributed by atoms with E-state index in [1.54, 1.807) is 0 Å². The number of aliphatic hydroxyl groups is 5. The van der Waals surface area contributed by atoms with Gasteiger partial charge in [-0.15, -0.1) is 0 Å². The van der Waals surface area contributed by atoms with Crippen molar-refractivity contribution in [3.63, 3.8) is 0 Å². The monoisotopic (exact) mass is 833 g/mol. The molecule has 0 heterocycles. The number of ether oxygens (including phenoxy) is 2. The predicted molar refractivity (Wildman–Crippen MR) is 229 cm³/mol. The maximum absolute atomic E-state index is 13.1. The molecular formula is C49H84O10. The van der Waals surface area contributed by atoms with Crippen LogP contribution in [0.1, 0.15) is 190 Å². The molecule has 10 heteroatoms. The van der Waals surface area contributed by atoms with E-state index in [1.807, 2.05) is 6.92 Å². The van der Waals surface area contributed by atoms with Crippen molar-refractivity contribution in [1.29, 1.82) is 0 Å². The summed E-state index contributed by atoms with van der Waals surface area (Å²) < 4.78 is 12.1. The van der Waals surface area contributed by atoms with Crippen molar-refractivity contribution in [2.24, 2.45) is 50.2 Å². The third-order valence-electron chi connectivity index (χ3n) is 17.6. The molecule has 0 aromatic heterocycles. The molecule has 5 aliphatic rings. The summed E-state index contributed by atoms with van der Waals surface area (Å²) in [6.45, 7) is 14.4. The van der Waals surface area contributed by atoms with Crippen molar-refractivity contribution < 1.29 is 49.7 Å². The first kappa shape index (κ1) is 48.5. The van der Waals surface area contributed by atoms with E-state index in [0.717, 1.165) is 32.1 Å². The van der Waals surface area contributed by atoms with E-state index in [4.69, 9.17) is 9.47 Å². The number of fused-ring (bicyclic) bond motifs is 7. The third kappa shape index (κ3) is 9.25. The highest BCUT2D eigenvalue weighted by molar-refractivity contribution is 5.77. The number of hydrogen-bond acceptors (Lipinski definition) is 9. The highest BCUT2D eigenvalue weighted by Crippen LogP contribution is 2.76. The quantitative estimate of drug-likeness (QED) is 0.0284. The fourth-order valence-electron chi connectivity index (χ4n) is 14.0. The van der Waals surface area contributed by atoms with Crippen molar-refractivity contribution in [3.05, 3.63) is 11.6 Å². The van der Waals surface area contributed by atoms with Gasteiger partial charge >= 0.3 is 11.9 Å². The van der Waals surface area contributed by atoms with Gasteiger partial charge in [0.05, 0.1) is 31.5 Å². The Labute approximate surface area is 356 Å². The molecule has 10 nitrogen and oxygen atoms in total. The smallest absolute Gasteiger partial charge is 0.312 e. The molecule has 0 aromatic carbocycles. The molecule has 0 aliphatic heterocycles. The van der Waals surface area contributed by atoms with Gasteiger partial charge in [-0.05, 0) is 97.2 Å². The number of esters is 1. The number of carbonyl (C=O) groups is 2. The van der Waals surface area contributed by atoms with Gasteiger partial charge in [0.15, 0.2) is 0 Å². The third-order valence-corrected chi connectivity index (χ3v) is 17.6. The summed E-state index contributed by atoms with van der Waals surface area (Å²) in [6, 6.07) is 0. The summed E-state index contributed by atoms with van der Waals surface area (Å²) in [6.07, 6.45) is 16.7. The van der Waals surface area contributed by atoms with E-state index in [0.29, 0.717) is 44.9 Å². The zero-order valence-electron chi connectivity index (χ0n) is 38.0. The molecule has 0 spiro atoms. The maximum Gasteiger partial charge on any atom is 0.312 e. The molecule has 59 heavy (non-hydrogen) atoms. The van der Waals surface area contributed by atoms with Crippen molar-refractivity contribution in [2.75, 3.05) is 13.2 Å². The van der Waals surface area contributed by atoms with Crippen LogP contribution in [0.15, 0.2) is 11.6 Å². The zero-order valence-corrected chi connectivity index (χ0v) is 38.0.